The number of aliphatic hydroxyl groups is 1. The molecule has 0 unspecified atom stereocenters. The van der Waals surface area contributed by atoms with Crippen LogP contribution in [0.5, 0.6) is 0 Å². The number of rotatable bonds is 6. The molecule has 0 aliphatic rings. The second-order valence-electron chi connectivity index (χ2n) is 4.09. The van der Waals surface area contributed by atoms with Crippen LogP contribution in [0.3, 0.4) is 0 Å². The lowest BCUT2D eigenvalue weighted by Crippen LogP contribution is -2.10. The van der Waals surface area contributed by atoms with Crippen molar-refractivity contribution in [3.8, 4) is 0 Å². The van der Waals surface area contributed by atoms with E-state index in [4.69, 9.17) is 5.11 Å². The predicted octanol–water partition coefficient (Wildman–Crippen LogP) is 0.699. The maximum absolute atomic E-state index is 10.6. The first-order valence-corrected chi connectivity index (χ1v) is 6.88. The molecule has 0 spiro atoms. The summed E-state index contributed by atoms with van der Waals surface area (Å²) in [6.07, 6.45) is 1.69. The van der Waals surface area contributed by atoms with Crippen LogP contribution in [0.25, 0.3) is 0 Å². The van der Waals surface area contributed by atoms with E-state index in [9.17, 15) is 9.90 Å². The van der Waals surface area contributed by atoms with Crippen molar-refractivity contribution >= 4 is 17.7 Å². The molecule has 2 rings (SSSR count). The Morgan fingerprint density at radius 3 is 2.90 bits per heavy atom. The van der Waals surface area contributed by atoms with Crippen LogP contribution >= 0.6 is 11.8 Å². The Morgan fingerprint density at radius 1 is 1.45 bits per heavy atom. The molecule has 0 atom stereocenters. The second-order valence-corrected chi connectivity index (χ2v) is 5.03. The lowest BCUT2D eigenvalue weighted by Gasteiger charge is -2.09. The monoisotopic (exact) mass is 294 g/mol. The fraction of sp³-hybridized carbons (Fsp3) is 0.333. The van der Waals surface area contributed by atoms with Gasteiger partial charge in [-0.2, -0.15) is 0 Å². The van der Waals surface area contributed by atoms with Crippen LogP contribution in [0, 0.1) is 6.92 Å². The van der Waals surface area contributed by atoms with Crippen LogP contribution in [-0.4, -0.2) is 41.7 Å². The molecule has 2 N–H and O–H groups in total. The minimum atomic E-state index is -0.927. The quantitative estimate of drug-likeness (QED) is 0.756. The van der Waals surface area contributed by atoms with Gasteiger partial charge in [-0.15, -0.1) is 10.2 Å². The summed E-state index contributed by atoms with van der Waals surface area (Å²) >= 11 is 1.07. The van der Waals surface area contributed by atoms with Gasteiger partial charge in [0.05, 0.1) is 18.0 Å². The van der Waals surface area contributed by atoms with Crippen molar-refractivity contribution < 1.29 is 15.0 Å². The first kappa shape index (κ1) is 14.5. The van der Waals surface area contributed by atoms with Crippen LogP contribution in [0.1, 0.15) is 17.1 Å². The van der Waals surface area contributed by atoms with Gasteiger partial charge in [0.1, 0.15) is 6.61 Å². The summed E-state index contributed by atoms with van der Waals surface area (Å²) in [5.74, 6) is -0.642. The van der Waals surface area contributed by atoms with Crippen molar-refractivity contribution in [1.29, 1.82) is 0 Å². The third kappa shape index (κ3) is 3.34. The fourth-order valence-corrected chi connectivity index (χ4v) is 2.34. The average molecular weight is 294 g/mol. The summed E-state index contributed by atoms with van der Waals surface area (Å²) in [6.45, 7) is 2.08. The first-order chi connectivity index (χ1) is 9.61. The number of hydrogen-bond acceptors (Lipinski definition) is 6. The van der Waals surface area contributed by atoms with Gasteiger partial charge in [0, 0.05) is 6.20 Å². The summed E-state index contributed by atoms with van der Waals surface area (Å²) in [7, 11) is 0. The topological polar surface area (TPSA) is 101 Å². The Bertz CT molecular complexity index is 614. The zero-order valence-electron chi connectivity index (χ0n) is 10.9. The molecule has 2 aromatic heterocycles. The molecule has 0 aliphatic carbocycles. The number of carbonyl (C=O) groups is 1. The van der Waals surface area contributed by atoms with Gasteiger partial charge in [-0.3, -0.25) is 14.3 Å². The number of nitrogens with zero attached hydrogens (tertiary/aromatic N) is 4. The van der Waals surface area contributed by atoms with E-state index in [-0.39, 0.29) is 12.4 Å². The average Bonchev–Trinajstić information content (AvgIpc) is 2.81. The minimum Gasteiger partial charge on any atom is -0.481 e. The zero-order valence-corrected chi connectivity index (χ0v) is 11.7. The highest BCUT2D eigenvalue weighted by molar-refractivity contribution is 7.99. The third-order valence-electron chi connectivity index (χ3n) is 2.69. The van der Waals surface area contributed by atoms with E-state index in [1.54, 1.807) is 10.8 Å². The molecule has 0 aromatic carbocycles. The highest BCUT2D eigenvalue weighted by Gasteiger charge is 2.14. The molecule has 8 heteroatoms. The van der Waals surface area contributed by atoms with Crippen molar-refractivity contribution in [1.82, 2.24) is 19.7 Å². The van der Waals surface area contributed by atoms with Crippen LogP contribution in [0.2, 0.25) is 0 Å². The minimum absolute atomic E-state index is 0.106. The molecule has 2 aromatic rings. The first-order valence-electron chi connectivity index (χ1n) is 5.90. The van der Waals surface area contributed by atoms with Crippen LogP contribution in [0.4, 0.5) is 0 Å². The standard InChI is InChI=1S/C12H14N4O3S/c1-8-3-2-4-13-9(8)5-16-10(6-17)14-15-12(16)20-7-11(18)19/h2-4,17H,5-7H2,1H3,(H,18,19). The normalized spacial score (nSPS) is 10.7. The van der Waals surface area contributed by atoms with Gasteiger partial charge in [-0.25, -0.2) is 0 Å². The summed E-state index contributed by atoms with van der Waals surface area (Å²) in [5.41, 5.74) is 1.85. The number of aliphatic carboxylic acids is 1. The van der Waals surface area contributed by atoms with Gasteiger partial charge in [0.25, 0.3) is 0 Å². The van der Waals surface area contributed by atoms with Crippen LogP contribution in [0.15, 0.2) is 23.5 Å². The van der Waals surface area contributed by atoms with E-state index < -0.39 is 5.97 Å². The second kappa shape index (κ2) is 6.49. The molecule has 7 nitrogen and oxygen atoms in total. The number of aryl methyl sites for hydroxylation is 1. The van der Waals surface area contributed by atoms with Crippen molar-refractivity contribution in [3.05, 3.63) is 35.4 Å². The highest BCUT2D eigenvalue weighted by atomic mass is 32.2. The molecule has 0 radical (unpaired) electrons. The lowest BCUT2D eigenvalue weighted by molar-refractivity contribution is -0.133. The van der Waals surface area contributed by atoms with Crippen molar-refractivity contribution in [2.24, 2.45) is 0 Å². The molecule has 0 saturated heterocycles. The Morgan fingerprint density at radius 2 is 2.25 bits per heavy atom. The van der Waals surface area contributed by atoms with Gasteiger partial charge >= 0.3 is 5.97 Å². The van der Waals surface area contributed by atoms with Gasteiger partial charge in [-0.05, 0) is 18.6 Å². The summed E-state index contributed by atoms with van der Waals surface area (Å²) in [6, 6.07) is 3.79. The Balaban J connectivity index is 2.27. The van der Waals surface area contributed by atoms with E-state index >= 15 is 0 Å². The van der Waals surface area contributed by atoms with Crippen molar-refractivity contribution in [2.75, 3.05) is 5.75 Å². The zero-order chi connectivity index (χ0) is 14.5. The molecule has 20 heavy (non-hydrogen) atoms. The van der Waals surface area contributed by atoms with E-state index in [2.05, 4.69) is 15.2 Å². The maximum Gasteiger partial charge on any atom is 0.313 e. The molecule has 2 heterocycles. The van der Waals surface area contributed by atoms with Gasteiger partial charge in [0.15, 0.2) is 11.0 Å². The number of carboxylic acids is 1. The number of thioether (sulfide) groups is 1. The van der Waals surface area contributed by atoms with E-state index in [0.29, 0.717) is 17.5 Å². The molecule has 0 amide bonds. The number of aromatic nitrogens is 4. The van der Waals surface area contributed by atoms with Crippen LogP contribution in [-0.2, 0) is 17.9 Å². The van der Waals surface area contributed by atoms with Gasteiger partial charge in [-0.1, -0.05) is 17.8 Å². The molecule has 0 aliphatic heterocycles. The molecular formula is C12H14N4O3S. The number of carboxylic acid groups (broad SMARTS) is 1. The highest BCUT2D eigenvalue weighted by Crippen LogP contribution is 2.19. The van der Waals surface area contributed by atoms with E-state index in [1.165, 1.54) is 0 Å². The van der Waals surface area contributed by atoms with Crippen LogP contribution < -0.4 is 0 Å². The lowest BCUT2D eigenvalue weighted by atomic mass is 10.2. The fourth-order valence-electron chi connectivity index (χ4n) is 1.66. The molecule has 106 valence electrons. The molecule has 0 bridgehead atoms. The number of aliphatic hydroxyl groups excluding tert-OH is 1. The van der Waals surface area contributed by atoms with E-state index in [0.717, 1.165) is 23.0 Å². The Labute approximate surface area is 119 Å². The molecule has 0 fully saturated rings. The predicted molar refractivity (Wildman–Crippen MR) is 72.4 cm³/mol. The third-order valence-corrected chi connectivity index (χ3v) is 3.64. The molecular weight excluding hydrogens is 280 g/mol. The van der Waals surface area contributed by atoms with E-state index in [1.807, 2.05) is 19.1 Å². The smallest absolute Gasteiger partial charge is 0.313 e. The summed E-state index contributed by atoms with van der Waals surface area (Å²) < 4.78 is 1.68. The summed E-state index contributed by atoms with van der Waals surface area (Å²) in [5, 5.41) is 26.2. The number of hydrogen-bond donors (Lipinski definition) is 2. The number of pyridine rings is 1. The summed E-state index contributed by atoms with van der Waals surface area (Å²) in [4.78, 5) is 14.9. The van der Waals surface area contributed by atoms with Crippen molar-refractivity contribution in [3.63, 3.8) is 0 Å². The maximum atomic E-state index is 10.6. The Kier molecular flexibility index (Phi) is 4.70. The van der Waals surface area contributed by atoms with Crippen molar-refractivity contribution in [2.45, 2.75) is 25.2 Å². The molecule has 0 saturated carbocycles. The van der Waals surface area contributed by atoms with Gasteiger partial charge in [0.2, 0.25) is 0 Å². The Hall–Kier alpha value is -1.93. The SMILES string of the molecule is Cc1cccnc1Cn1c(CO)nnc1SCC(=O)O. The largest absolute Gasteiger partial charge is 0.481 e. The van der Waals surface area contributed by atoms with Gasteiger partial charge < -0.3 is 10.2 Å².